The summed E-state index contributed by atoms with van der Waals surface area (Å²) in [6.45, 7) is 4.63. The Labute approximate surface area is 138 Å². The van der Waals surface area contributed by atoms with E-state index in [-0.39, 0.29) is 0 Å². The largest absolute Gasteiger partial charge is 0.367 e. The molecule has 22 heavy (non-hydrogen) atoms. The molecule has 0 spiro atoms. The Kier molecular flexibility index (Phi) is 5.24. The Morgan fingerprint density at radius 3 is 2.45 bits per heavy atom. The molecule has 0 saturated heterocycles. The average molecular weight is 321 g/mol. The predicted molar refractivity (Wildman–Crippen MR) is 93.7 cm³/mol. The Morgan fingerprint density at radius 2 is 1.73 bits per heavy atom. The molecule has 1 saturated carbocycles. The van der Waals surface area contributed by atoms with Crippen LogP contribution >= 0.6 is 11.8 Å². The fraction of sp³-hybridized carbons (Fsp3) is 0.765. The van der Waals surface area contributed by atoms with Gasteiger partial charge in [0.1, 0.15) is 17.2 Å². The summed E-state index contributed by atoms with van der Waals surface area (Å²) in [5.74, 6) is 1.64. The van der Waals surface area contributed by atoms with Gasteiger partial charge in [-0.2, -0.15) is 0 Å². The fourth-order valence-electron chi connectivity index (χ4n) is 3.63. The van der Waals surface area contributed by atoms with E-state index in [4.69, 9.17) is 0 Å². The first-order valence-electron chi connectivity index (χ1n) is 8.62. The molecule has 1 aromatic heterocycles. The molecule has 2 atom stereocenters. The van der Waals surface area contributed by atoms with Crippen molar-refractivity contribution in [1.82, 2.24) is 15.3 Å². The molecule has 0 bridgehead atoms. The van der Waals surface area contributed by atoms with Gasteiger partial charge in [-0.25, -0.2) is 9.97 Å². The maximum Gasteiger partial charge on any atom is 0.134 e. The van der Waals surface area contributed by atoms with Gasteiger partial charge in [0.05, 0.1) is 0 Å². The zero-order valence-corrected chi connectivity index (χ0v) is 14.7. The highest BCUT2D eigenvalue weighted by Gasteiger charge is 2.26. The van der Waals surface area contributed by atoms with Crippen molar-refractivity contribution in [2.75, 3.05) is 12.4 Å². The van der Waals surface area contributed by atoms with Gasteiger partial charge in [-0.3, -0.25) is 0 Å². The van der Waals surface area contributed by atoms with Crippen LogP contribution in [0.4, 0.5) is 5.82 Å². The number of fused-ring (bicyclic) bond motifs is 1. The van der Waals surface area contributed by atoms with Crippen molar-refractivity contribution in [3.8, 4) is 0 Å². The summed E-state index contributed by atoms with van der Waals surface area (Å²) in [5.41, 5.74) is 1.35. The number of anilines is 1. The molecule has 2 N–H and O–H groups in total. The van der Waals surface area contributed by atoms with Crippen LogP contribution in [0.15, 0.2) is 11.4 Å². The van der Waals surface area contributed by atoms with E-state index in [0.29, 0.717) is 23.3 Å². The highest BCUT2D eigenvalue weighted by atomic mass is 32.2. The lowest BCUT2D eigenvalue weighted by molar-refractivity contribution is 0.370. The molecule has 1 aliphatic heterocycles. The third-order valence-corrected chi connectivity index (χ3v) is 6.32. The van der Waals surface area contributed by atoms with E-state index >= 15 is 0 Å². The molecule has 5 heteroatoms. The van der Waals surface area contributed by atoms with Crippen molar-refractivity contribution in [2.45, 2.75) is 80.6 Å². The van der Waals surface area contributed by atoms with E-state index in [0.717, 1.165) is 5.82 Å². The maximum atomic E-state index is 4.59. The monoisotopic (exact) mass is 320 g/mol. The highest BCUT2D eigenvalue weighted by Crippen LogP contribution is 2.41. The van der Waals surface area contributed by atoms with Gasteiger partial charge < -0.3 is 10.6 Å². The van der Waals surface area contributed by atoms with E-state index in [1.807, 2.05) is 11.8 Å². The summed E-state index contributed by atoms with van der Waals surface area (Å²) in [6.07, 6.45) is 9.18. The number of thioether (sulfide) groups is 1. The molecule has 2 unspecified atom stereocenters. The lowest BCUT2D eigenvalue weighted by Gasteiger charge is -2.30. The standard InChI is InChI=1S/C17H28N4S/c1-11-4-5-12(2)22-17-15(11)16(19-10-20-17)21-14-8-6-13(18-3)7-9-14/h10-14,18H,4-9H2,1-3H3,(H,19,20,21). The Morgan fingerprint density at radius 1 is 1.00 bits per heavy atom. The van der Waals surface area contributed by atoms with Crippen molar-refractivity contribution in [3.05, 3.63) is 11.9 Å². The van der Waals surface area contributed by atoms with Crippen molar-refractivity contribution in [2.24, 2.45) is 0 Å². The maximum absolute atomic E-state index is 4.59. The van der Waals surface area contributed by atoms with Crippen LogP contribution in [0.5, 0.6) is 0 Å². The van der Waals surface area contributed by atoms with E-state index in [1.54, 1.807) is 6.33 Å². The van der Waals surface area contributed by atoms with Crippen LogP contribution in [0.25, 0.3) is 0 Å². The zero-order valence-electron chi connectivity index (χ0n) is 13.9. The second kappa shape index (κ2) is 7.18. The van der Waals surface area contributed by atoms with E-state index in [2.05, 4.69) is 41.5 Å². The van der Waals surface area contributed by atoms with Crippen molar-refractivity contribution in [3.63, 3.8) is 0 Å². The second-order valence-corrected chi connectivity index (χ2v) is 8.26. The van der Waals surface area contributed by atoms with Crippen molar-refractivity contribution in [1.29, 1.82) is 0 Å². The van der Waals surface area contributed by atoms with Gasteiger partial charge in [0.2, 0.25) is 0 Å². The molecule has 0 amide bonds. The molecule has 4 nitrogen and oxygen atoms in total. The topological polar surface area (TPSA) is 49.8 Å². The van der Waals surface area contributed by atoms with Gasteiger partial charge in [-0.1, -0.05) is 13.8 Å². The van der Waals surface area contributed by atoms with Crippen LogP contribution in [-0.2, 0) is 0 Å². The average Bonchev–Trinajstić information content (AvgIpc) is 2.67. The number of rotatable bonds is 3. The molecular formula is C17H28N4S. The number of nitrogens with one attached hydrogen (secondary N) is 2. The van der Waals surface area contributed by atoms with Crippen LogP contribution in [0.3, 0.4) is 0 Å². The van der Waals surface area contributed by atoms with Gasteiger partial charge in [0.25, 0.3) is 0 Å². The first-order chi connectivity index (χ1) is 10.7. The summed E-state index contributed by atoms with van der Waals surface area (Å²) in [4.78, 5) is 9.15. The molecule has 122 valence electrons. The highest BCUT2D eigenvalue weighted by molar-refractivity contribution is 7.99. The minimum atomic E-state index is 0.546. The number of aromatic nitrogens is 2. The summed E-state index contributed by atoms with van der Waals surface area (Å²) in [5, 5.41) is 8.98. The Hall–Kier alpha value is -0.810. The van der Waals surface area contributed by atoms with Crippen LogP contribution in [-0.4, -0.2) is 34.3 Å². The van der Waals surface area contributed by atoms with Crippen LogP contribution in [0.2, 0.25) is 0 Å². The third-order valence-electron chi connectivity index (χ3n) is 5.14. The van der Waals surface area contributed by atoms with E-state index < -0.39 is 0 Å². The van der Waals surface area contributed by atoms with E-state index in [9.17, 15) is 0 Å². The molecular weight excluding hydrogens is 292 g/mol. The number of hydrogen-bond donors (Lipinski definition) is 2. The van der Waals surface area contributed by atoms with Gasteiger partial charge >= 0.3 is 0 Å². The quantitative estimate of drug-likeness (QED) is 0.830. The molecule has 0 radical (unpaired) electrons. The van der Waals surface area contributed by atoms with Crippen LogP contribution in [0, 0.1) is 0 Å². The number of hydrogen-bond acceptors (Lipinski definition) is 5. The predicted octanol–water partition coefficient (Wildman–Crippen LogP) is 3.80. The molecule has 0 aromatic carbocycles. The SMILES string of the molecule is CNC1CCC(Nc2ncnc3c2C(C)CCC(C)S3)CC1. The molecule has 1 fully saturated rings. The summed E-state index contributed by atoms with van der Waals surface area (Å²) >= 11 is 1.92. The Balaban J connectivity index is 1.76. The van der Waals surface area contributed by atoms with Gasteiger partial charge in [-0.15, -0.1) is 11.8 Å². The summed E-state index contributed by atoms with van der Waals surface area (Å²) in [6, 6.07) is 1.25. The summed E-state index contributed by atoms with van der Waals surface area (Å²) < 4.78 is 0. The zero-order chi connectivity index (χ0) is 15.5. The molecule has 3 rings (SSSR count). The number of nitrogens with zero attached hydrogens (tertiary/aromatic N) is 2. The first-order valence-corrected chi connectivity index (χ1v) is 9.50. The van der Waals surface area contributed by atoms with Crippen molar-refractivity contribution < 1.29 is 0 Å². The Bertz CT molecular complexity index is 499. The lowest BCUT2D eigenvalue weighted by Crippen LogP contribution is -2.35. The molecule has 2 heterocycles. The molecule has 2 aliphatic rings. The minimum absolute atomic E-state index is 0.546. The van der Waals surface area contributed by atoms with Gasteiger partial charge in [0.15, 0.2) is 0 Å². The minimum Gasteiger partial charge on any atom is -0.367 e. The van der Waals surface area contributed by atoms with Gasteiger partial charge in [-0.05, 0) is 51.5 Å². The van der Waals surface area contributed by atoms with Crippen LogP contribution in [0.1, 0.15) is 63.9 Å². The normalized spacial score (nSPS) is 32.1. The van der Waals surface area contributed by atoms with E-state index in [1.165, 1.54) is 49.1 Å². The molecule has 1 aromatic rings. The molecule has 1 aliphatic carbocycles. The first kappa shape index (κ1) is 16.1. The van der Waals surface area contributed by atoms with Crippen molar-refractivity contribution >= 4 is 17.6 Å². The summed E-state index contributed by atoms with van der Waals surface area (Å²) in [7, 11) is 2.07. The lowest BCUT2D eigenvalue weighted by atomic mass is 9.90. The smallest absolute Gasteiger partial charge is 0.134 e. The van der Waals surface area contributed by atoms with Crippen LogP contribution < -0.4 is 10.6 Å². The fourth-order valence-corrected chi connectivity index (χ4v) is 4.80. The second-order valence-electron chi connectivity index (χ2n) is 6.83. The third kappa shape index (κ3) is 3.57. The van der Waals surface area contributed by atoms with Gasteiger partial charge in [0, 0.05) is 22.9 Å².